The van der Waals surface area contributed by atoms with E-state index in [2.05, 4.69) is 30.9 Å². The standard InChI is InChI=1S/C18H23FN2/c1-4-16(20)12-14-11-15(19)9-10-18(14)21(3)17-8-6-5-7-13(17)2/h5-11,16H,4,12,20H2,1-3H3. The topological polar surface area (TPSA) is 29.3 Å². The summed E-state index contributed by atoms with van der Waals surface area (Å²) < 4.78 is 13.6. The van der Waals surface area contributed by atoms with Gasteiger partial charge in [-0.15, -0.1) is 0 Å². The van der Waals surface area contributed by atoms with Crippen molar-refractivity contribution >= 4 is 11.4 Å². The zero-order valence-electron chi connectivity index (χ0n) is 12.9. The average molecular weight is 286 g/mol. The average Bonchev–Trinajstić information content (AvgIpc) is 2.47. The third kappa shape index (κ3) is 3.61. The molecule has 0 aromatic heterocycles. The fraction of sp³-hybridized carbons (Fsp3) is 0.333. The van der Waals surface area contributed by atoms with Gasteiger partial charge in [-0.1, -0.05) is 25.1 Å². The largest absolute Gasteiger partial charge is 0.344 e. The summed E-state index contributed by atoms with van der Waals surface area (Å²) in [6.45, 7) is 4.13. The molecule has 0 spiro atoms. The summed E-state index contributed by atoms with van der Waals surface area (Å²) in [6.07, 6.45) is 1.56. The van der Waals surface area contributed by atoms with Crippen molar-refractivity contribution in [3.63, 3.8) is 0 Å². The van der Waals surface area contributed by atoms with E-state index in [0.29, 0.717) is 6.42 Å². The molecule has 0 heterocycles. The first-order chi connectivity index (χ1) is 10.0. The number of anilines is 2. The Morgan fingerprint density at radius 2 is 1.86 bits per heavy atom. The van der Waals surface area contributed by atoms with Crippen LogP contribution in [0.25, 0.3) is 0 Å². The van der Waals surface area contributed by atoms with Crippen molar-refractivity contribution in [3.8, 4) is 0 Å². The zero-order valence-corrected chi connectivity index (χ0v) is 12.9. The monoisotopic (exact) mass is 286 g/mol. The molecule has 2 N–H and O–H groups in total. The summed E-state index contributed by atoms with van der Waals surface area (Å²) in [4.78, 5) is 2.10. The quantitative estimate of drug-likeness (QED) is 0.893. The molecule has 1 unspecified atom stereocenters. The molecule has 0 bridgehead atoms. The molecular weight excluding hydrogens is 263 g/mol. The van der Waals surface area contributed by atoms with Crippen molar-refractivity contribution in [3.05, 3.63) is 59.4 Å². The van der Waals surface area contributed by atoms with Crippen LogP contribution in [-0.4, -0.2) is 13.1 Å². The Morgan fingerprint density at radius 3 is 2.52 bits per heavy atom. The van der Waals surface area contributed by atoms with Crippen molar-refractivity contribution in [2.45, 2.75) is 32.7 Å². The van der Waals surface area contributed by atoms with Crippen LogP contribution >= 0.6 is 0 Å². The Labute approximate surface area is 126 Å². The zero-order chi connectivity index (χ0) is 15.4. The Balaban J connectivity index is 2.41. The van der Waals surface area contributed by atoms with E-state index in [1.54, 1.807) is 6.07 Å². The molecule has 0 saturated heterocycles. The molecule has 3 heteroatoms. The summed E-state index contributed by atoms with van der Waals surface area (Å²) in [6, 6.07) is 13.2. The number of para-hydroxylation sites is 1. The molecule has 2 nitrogen and oxygen atoms in total. The lowest BCUT2D eigenvalue weighted by Gasteiger charge is -2.25. The Bertz CT molecular complexity index is 610. The highest BCUT2D eigenvalue weighted by Gasteiger charge is 2.14. The number of hydrogen-bond acceptors (Lipinski definition) is 2. The van der Waals surface area contributed by atoms with Gasteiger partial charge in [0.1, 0.15) is 5.82 Å². The van der Waals surface area contributed by atoms with Gasteiger partial charge >= 0.3 is 0 Å². The van der Waals surface area contributed by atoms with Crippen LogP contribution in [0.1, 0.15) is 24.5 Å². The normalized spacial score (nSPS) is 12.2. The maximum Gasteiger partial charge on any atom is 0.123 e. The fourth-order valence-electron chi connectivity index (χ4n) is 2.54. The van der Waals surface area contributed by atoms with Gasteiger partial charge < -0.3 is 10.6 Å². The Kier molecular flexibility index (Phi) is 4.97. The van der Waals surface area contributed by atoms with Crippen LogP contribution < -0.4 is 10.6 Å². The minimum atomic E-state index is -0.213. The number of aryl methyl sites for hydroxylation is 1. The highest BCUT2D eigenvalue weighted by atomic mass is 19.1. The van der Waals surface area contributed by atoms with Gasteiger partial charge in [0.2, 0.25) is 0 Å². The summed E-state index contributed by atoms with van der Waals surface area (Å²) in [7, 11) is 2.01. The number of nitrogens with zero attached hydrogens (tertiary/aromatic N) is 1. The van der Waals surface area contributed by atoms with Gasteiger partial charge in [-0.25, -0.2) is 4.39 Å². The summed E-state index contributed by atoms with van der Waals surface area (Å²) in [5, 5.41) is 0. The van der Waals surface area contributed by atoms with Crippen molar-refractivity contribution in [2.24, 2.45) is 5.73 Å². The predicted octanol–water partition coefficient (Wildman–Crippen LogP) is 4.18. The van der Waals surface area contributed by atoms with E-state index in [1.165, 1.54) is 11.6 Å². The van der Waals surface area contributed by atoms with E-state index in [0.717, 1.165) is 23.4 Å². The molecule has 2 aromatic rings. The summed E-state index contributed by atoms with van der Waals surface area (Å²) >= 11 is 0. The number of hydrogen-bond donors (Lipinski definition) is 1. The molecule has 0 amide bonds. The lowest BCUT2D eigenvalue weighted by atomic mass is 10.0. The van der Waals surface area contributed by atoms with Gasteiger partial charge in [-0.05, 0) is 55.2 Å². The molecule has 1 atom stereocenters. The molecule has 2 rings (SSSR count). The van der Waals surface area contributed by atoms with Gasteiger partial charge in [0, 0.05) is 24.5 Å². The smallest absolute Gasteiger partial charge is 0.123 e. The van der Waals surface area contributed by atoms with Gasteiger partial charge in [0.15, 0.2) is 0 Å². The third-order valence-electron chi connectivity index (χ3n) is 3.89. The Morgan fingerprint density at radius 1 is 1.14 bits per heavy atom. The van der Waals surface area contributed by atoms with Gasteiger partial charge in [-0.3, -0.25) is 0 Å². The minimum Gasteiger partial charge on any atom is -0.344 e. The van der Waals surface area contributed by atoms with Gasteiger partial charge in [-0.2, -0.15) is 0 Å². The van der Waals surface area contributed by atoms with Crippen LogP contribution in [0.2, 0.25) is 0 Å². The first kappa shape index (κ1) is 15.5. The van der Waals surface area contributed by atoms with Crippen molar-refractivity contribution < 1.29 is 4.39 Å². The minimum absolute atomic E-state index is 0.0517. The second-order valence-corrected chi connectivity index (χ2v) is 5.49. The highest BCUT2D eigenvalue weighted by molar-refractivity contribution is 5.68. The van der Waals surface area contributed by atoms with Crippen LogP contribution in [0.3, 0.4) is 0 Å². The summed E-state index contributed by atoms with van der Waals surface area (Å²) in [5.74, 6) is -0.213. The van der Waals surface area contributed by atoms with E-state index in [9.17, 15) is 4.39 Å². The number of halogens is 1. The molecule has 0 radical (unpaired) electrons. The maximum atomic E-state index is 13.6. The van der Waals surface area contributed by atoms with Crippen LogP contribution in [0, 0.1) is 12.7 Å². The molecule has 0 aliphatic rings. The van der Waals surface area contributed by atoms with Crippen molar-refractivity contribution in [1.82, 2.24) is 0 Å². The lowest BCUT2D eigenvalue weighted by molar-refractivity contribution is 0.614. The van der Waals surface area contributed by atoms with Gasteiger partial charge in [0.25, 0.3) is 0 Å². The van der Waals surface area contributed by atoms with E-state index in [1.807, 2.05) is 25.2 Å². The second kappa shape index (κ2) is 6.72. The van der Waals surface area contributed by atoms with E-state index >= 15 is 0 Å². The van der Waals surface area contributed by atoms with E-state index < -0.39 is 0 Å². The molecule has 0 aliphatic heterocycles. The maximum absolute atomic E-state index is 13.6. The molecule has 21 heavy (non-hydrogen) atoms. The van der Waals surface area contributed by atoms with E-state index in [4.69, 9.17) is 5.73 Å². The number of benzene rings is 2. The highest BCUT2D eigenvalue weighted by Crippen LogP contribution is 2.30. The molecule has 0 aliphatic carbocycles. The predicted molar refractivity (Wildman–Crippen MR) is 87.6 cm³/mol. The third-order valence-corrected chi connectivity index (χ3v) is 3.89. The molecule has 112 valence electrons. The molecule has 2 aromatic carbocycles. The van der Waals surface area contributed by atoms with Crippen LogP contribution in [0.4, 0.5) is 15.8 Å². The lowest BCUT2D eigenvalue weighted by Crippen LogP contribution is -2.23. The van der Waals surface area contributed by atoms with Crippen LogP contribution in [-0.2, 0) is 6.42 Å². The second-order valence-electron chi connectivity index (χ2n) is 5.49. The van der Waals surface area contributed by atoms with Crippen LogP contribution in [0.15, 0.2) is 42.5 Å². The fourth-order valence-corrected chi connectivity index (χ4v) is 2.54. The van der Waals surface area contributed by atoms with Gasteiger partial charge in [0.05, 0.1) is 0 Å². The number of nitrogens with two attached hydrogens (primary N) is 1. The van der Waals surface area contributed by atoms with E-state index in [-0.39, 0.29) is 11.9 Å². The molecule has 0 saturated carbocycles. The molecule has 0 fully saturated rings. The first-order valence-corrected chi connectivity index (χ1v) is 7.36. The Hall–Kier alpha value is -1.87. The first-order valence-electron chi connectivity index (χ1n) is 7.36. The van der Waals surface area contributed by atoms with Crippen molar-refractivity contribution in [1.29, 1.82) is 0 Å². The van der Waals surface area contributed by atoms with Crippen molar-refractivity contribution in [2.75, 3.05) is 11.9 Å². The summed E-state index contributed by atoms with van der Waals surface area (Å²) in [5.41, 5.74) is 10.3. The molecular formula is C18H23FN2. The number of rotatable bonds is 5. The SMILES string of the molecule is CCC(N)Cc1cc(F)ccc1N(C)c1ccccc1C. The van der Waals surface area contributed by atoms with Crippen LogP contribution in [0.5, 0.6) is 0 Å².